The van der Waals surface area contributed by atoms with Gasteiger partial charge in [0.1, 0.15) is 0 Å². The molecular formula is C17H26FNO2. The first-order valence-corrected chi connectivity index (χ1v) is 7.92. The molecule has 2 unspecified atom stereocenters. The van der Waals surface area contributed by atoms with E-state index in [0.717, 1.165) is 44.4 Å². The molecule has 0 bridgehead atoms. The monoisotopic (exact) mass is 295 g/mol. The van der Waals surface area contributed by atoms with Gasteiger partial charge >= 0.3 is 0 Å². The Kier molecular flexibility index (Phi) is 6.46. The molecular weight excluding hydrogens is 269 g/mol. The zero-order chi connectivity index (χ0) is 15.1. The Hall–Kier alpha value is -1.13. The first-order chi connectivity index (χ1) is 10.2. The fraction of sp³-hybridized carbons (Fsp3) is 0.647. The summed E-state index contributed by atoms with van der Waals surface area (Å²) in [5, 5.41) is 3.56. The predicted octanol–water partition coefficient (Wildman–Crippen LogP) is 3.31. The Bertz CT molecular complexity index is 433. The predicted molar refractivity (Wildman–Crippen MR) is 82.3 cm³/mol. The second kappa shape index (κ2) is 8.35. The summed E-state index contributed by atoms with van der Waals surface area (Å²) in [5.41, 5.74) is 0.982. The highest BCUT2D eigenvalue weighted by Gasteiger charge is 2.24. The molecule has 4 heteroatoms. The maximum absolute atomic E-state index is 13.8. The molecule has 118 valence electrons. The molecule has 1 N–H and O–H groups in total. The van der Waals surface area contributed by atoms with Crippen LogP contribution in [0.5, 0.6) is 5.75 Å². The highest BCUT2D eigenvalue weighted by atomic mass is 19.1. The van der Waals surface area contributed by atoms with Crippen molar-refractivity contribution in [1.82, 2.24) is 5.32 Å². The lowest BCUT2D eigenvalue weighted by Gasteiger charge is -2.31. The molecule has 0 amide bonds. The van der Waals surface area contributed by atoms with Crippen LogP contribution in [0.4, 0.5) is 4.39 Å². The van der Waals surface area contributed by atoms with E-state index in [0.29, 0.717) is 5.75 Å². The lowest BCUT2D eigenvalue weighted by atomic mass is 9.95. The van der Waals surface area contributed by atoms with Crippen LogP contribution >= 0.6 is 0 Å². The van der Waals surface area contributed by atoms with E-state index in [9.17, 15) is 4.39 Å². The topological polar surface area (TPSA) is 30.5 Å². The van der Waals surface area contributed by atoms with E-state index in [1.165, 1.54) is 13.5 Å². The van der Waals surface area contributed by atoms with E-state index < -0.39 is 0 Å². The Morgan fingerprint density at radius 2 is 2.29 bits per heavy atom. The molecule has 2 rings (SSSR count). The molecule has 1 aromatic rings. The second-order valence-corrected chi connectivity index (χ2v) is 5.64. The Morgan fingerprint density at radius 1 is 1.43 bits per heavy atom. The number of benzene rings is 1. The minimum Gasteiger partial charge on any atom is -0.494 e. The van der Waals surface area contributed by atoms with Crippen LogP contribution in [0, 0.1) is 5.82 Å². The van der Waals surface area contributed by atoms with Gasteiger partial charge in [-0.15, -0.1) is 0 Å². The number of halogens is 1. The number of ether oxygens (including phenoxy) is 2. The third kappa shape index (κ3) is 4.68. The SMILES string of the molecule is CCCNC(Cc1ccc(OC)c(F)c1)C1CCCCO1. The van der Waals surface area contributed by atoms with Gasteiger partial charge in [0.25, 0.3) is 0 Å². The largest absolute Gasteiger partial charge is 0.494 e. The summed E-state index contributed by atoms with van der Waals surface area (Å²) in [7, 11) is 1.49. The maximum Gasteiger partial charge on any atom is 0.165 e. The number of methoxy groups -OCH3 is 1. The summed E-state index contributed by atoms with van der Waals surface area (Å²) < 4.78 is 24.7. The molecule has 1 aromatic carbocycles. The van der Waals surface area contributed by atoms with Crippen molar-refractivity contribution >= 4 is 0 Å². The summed E-state index contributed by atoms with van der Waals surface area (Å²) in [5.74, 6) is -0.000428. The third-order valence-electron chi connectivity index (χ3n) is 3.99. The van der Waals surface area contributed by atoms with Gasteiger partial charge in [0, 0.05) is 12.6 Å². The summed E-state index contributed by atoms with van der Waals surface area (Å²) in [6.07, 6.45) is 5.54. The molecule has 0 aliphatic carbocycles. The zero-order valence-electron chi connectivity index (χ0n) is 13.0. The summed E-state index contributed by atoms with van der Waals surface area (Å²) in [6, 6.07) is 5.45. The normalized spacial score (nSPS) is 20.2. The van der Waals surface area contributed by atoms with Gasteiger partial charge in [-0.3, -0.25) is 0 Å². The molecule has 1 aliphatic rings. The summed E-state index contributed by atoms with van der Waals surface area (Å²) in [6.45, 7) is 3.95. The summed E-state index contributed by atoms with van der Waals surface area (Å²) >= 11 is 0. The first-order valence-electron chi connectivity index (χ1n) is 7.92. The van der Waals surface area contributed by atoms with Gasteiger partial charge in [0.2, 0.25) is 0 Å². The van der Waals surface area contributed by atoms with Crippen LogP contribution in [-0.4, -0.2) is 32.4 Å². The maximum atomic E-state index is 13.8. The summed E-state index contributed by atoms with van der Waals surface area (Å²) in [4.78, 5) is 0. The van der Waals surface area contributed by atoms with Gasteiger partial charge in [0.05, 0.1) is 13.2 Å². The van der Waals surface area contributed by atoms with Crippen LogP contribution in [-0.2, 0) is 11.2 Å². The van der Waals surface area contributed by atoms with E-state index >= 15 is 0 Å². The lowest BCUT2D eigenvalue weighted by Crippen LogP contribution is -2.44. The van der Waals surface area contributed by atoms with Crippen molar-refractivity contribution in [3.05, 3.63) is 29.6 Å². The van der Waals surface area contributed by atoms with Crippen LogP contribution in [0.15, 0.2) is 18.2 Å². The van der Waals surface area contributed by atoms with Crippen LogP contribution in [0.1, 0.15) is 38.2 Å². The average molecular weight is 295 g/mol. The van der Waals surface area contributed by atoms with Gasteiger partial charge in [0.15, 0.2) is 11.6 Å². The molecule has 2 atom stereocenters. The highest BCUT2D eigenvalue weighted by molar-refractivity contribution is 5.29. The molecule has 1 fully saturated rings. The molecule has 1 heterocycles. The molecule has 0 saturated carbocycles. The van der Waals surface area contributed by atoms with Crippen LogP contribution < -0.4 is 10.1 Å². The van der Waals surface area contributed by atoms with E-state index in [2.05, 4.69) is 12.2 Å². The van der Waals surface area contributed by atoms with Crippen LogP contribution in [0.2, 0.25) is 0 Å². The van der Waals surface area contributed by atoms with Gasteiger partial charge in [-0.1, -0.05) is 13.0 Å². The smallest absolute Gasteiger partial charge is 0.165 e. The Balaban J connectivity index is 2.04. The van der Waals surface area contributed by atoms with E-state index in [1.54, 1.807) is 12.1 Å². The molecule has 0 spiro atoms. The fourth-order valence-corrected chi connectivity index (χ4v) is 2.84. The number of nitrogens with one attached hydrogen (secondary N) is 1. The van der Waals surface area contributed by atoms with Gasteiger partial charge in [-0.2, -0.15) is 0 Å². The van der Waals surface area contributed by atoms with Crippen molar-refractivity contribution < 1.29 is 13.9 Å². The highest BCUT2D eigenvalue weighted by Crippen LogP contribution is 2.22. The molecule has 1 aliphatic heterocycles. The molecule has 21 heavy (non-hydrogen) atoms. The second-order valence-electron chi connectivity index (χ2n) is 5.64. The molecule has 0 radical (unpaired) electrons. The van der Waals surface area contributed by atoms with Crippen molar-refractivity contribution in [1.29, 1.82) is 0 Å². The van der Waals surface area contributed by atoms with Gasteiger partial charge in [-0.25, -0.2) is 4.39 Å². The van der Waals surface area contributed by atoms with Crippen molar-refractivity contribution in [2.24, 2.45) is 0 Å². The Morgan fingerprint density at radius 3 is 2.90 bits per heavy atom. The average Bonchev–Trinajstić information content (AvgIpc) is 2.52. The third-order valence-corrected chi connectivity index (χ3v) is 3.99. The van der Waals surface area contributed by atoms with Crippen LogP contribution in [0.3, 0.4) is 0 Å². The van der Waals surface area contributed by atoms with Gasteiger partial charge in [-0.05, 0) is 56.3 Å². The van der Waals surface area contributed by atoms with Crippen molar-refractivity contribution in [2.75, 3.05) is 20.3 Å². The molecule has 3 nitrogen and oxygen atoms in total. The minimum absolute atomic E-state index is 0.232. The van der Waals surface area contributed by atoms with Crippen LogP contribution in [0.25, 0.3) is 0 Å². The van der Waals surface area contributed by atoms with Crippen molar-refractivity contribution in [3.8, 4) is 5.75 Å². The fourth-order valence-electron chi connectivity index (χ4n) is 2.84. The van der Waals surface area contributed by atoms with Gasteiger partial charge < -0.3 is 14.8 Å². The quantitative estimate of drug-likeness (QED) is 0.837. The molecule has 0 aromatic heterocycles. The zero-order valence-corrected chi connectivity index (χ0v) is 13.0. The van der Waals surface area contributed by atoms with E-state index in [1.807, 2.05) is 6.07 Å². The van der Waals surface area contributed by atoms with E-state index in [-0.39, 0.29) is 18.0 Å². The standard InChI is InChI=1S/C17H26FNO2/c1-3-9-19-15(17-6-4-5-10-21-17)12-13-7-8-16(20-2)14(18)11-13/h7-8,11,15,17,19H,3-6,9-10,12H2,1-2H3. The Labute approximate surface area is 126 Å². The minimum atomic E-state index is -0.297. The van der Waals surface area contributed by atoms with Crippen molar-refractivity contribution in [3.63, 3.8) is 0 Å². The molecule has 1 saturated heterocycles. The number of hydrogen-bond acceptors (Lipinski definition) is 3. The van der Waals surface area contributed by atoms with E-state index in [4.69, 9.17) is 9.47 Å². The first kappa shape index (κ1) is 16.2. The van der Waals surface area contributed by atoms with Crippen molar-refractivity contribution in [2.45, 2.75) is 51.2 Å². The lowest BCUT2D eigenvalue weighted by molar-refractivity contribution is -0.00739. The number of rotatable bonds is 7. The number of hydrogen-bond donors (Lipinski definition) is 1.